The number of rotatable bonds is 2. The Morgan fingerprint density at radius 2 is 1.95 bits per heavy atom. The predicted molar refractivity (Wildman–Crippen MR) is 88.0 cm³/mol. The van der Waals surface area contributed by atoms with Gasteiger partial charge in [0.25, 0.3) is 0 Å². The smallest absolute Gasteiger partial charge is 0.203 e. The average molecular weight is 283 g/mol. The number of aryl methyl sites for hydroxylation is 1. The maximum Gasteiger partial charge on any atom is 0.203 e. The largest absolute Gasteiger partial charge is 0.356 e. The summed E-state index contributed by atoms with van der Waals surface area (Å²) in [6.07, 6.45) is 4.43. The minimum atomic E-state index is 0.0860. The average Bonchev–Trinajstić information content (AvgIpc) is 2.91. The lowest BCUT2D eigenvalue weighted by molar-refractivity contribution is 0.527. The van der Waals surface area contributed by atoms with Crippen molar-refractivity contribution in [3.63, 3.8) is 0 Å². The summed E-state index contributed by atoms with van der Waals surface area (Å²) < 4.78 is 2.31. The summed E-state index contributed by atoms with van der Waals surface area (Å²) in [7, 11) is 0. The van der Waals surface area contributed by atoms with Gasteiger partial charge < -0.3 is 9.88 Å². The van der Waals surface area contributed by atoms with Crippen molar-refractivity contribution in [2.45, 2.75) is 52.0 Å². The van der Waals surface area contributed by atoms with Crippen LogP contribution in [0.5, 0.6) is 0 Å². The highest BCUT2D eigenvalue weighted by Crippen LogP contribution is 2.33. The molecule has 1 aliphatic rings. The van der Waals surface area contributed by atoms with Gasteiger partial charge in [-0.2, -0.15) is 0 Å². The number of fused-ring (bicyclic) bond motifs is 1. The van der Waals surface area contributed by atoms with Crippen molar-refractivity contribution in [3.05, 3.63) is 47.3 Å². The fourth-order valence-corrected chi connectivity index (χ4v) is 2.89. The van der Waals surface area contributed by atoms with Gasteiger partial charge in [-0.15, -0.1) is 0 Å². The summed E-state index contributed by atoms with van der Waals surface area (Å²) >= 11 is 0. The number of anilines is 1. The van der Waals surface area contributed by atoms with Crippen LogP contribution in [-0.2, 0) is 11.8 Å². The number of hydrogen-bond acceptors (Lipinski definition) is 2. The molecule has 0 amide bonds. The van der Waals surface area contributed by atoms with E-state index in [1.807, 2.05) is 0 Å². The molecule has 0 spiro atoms. The molecule has 0 saturated carbocycles. The van der Waals surface area contributed by atoms with Crippen molar-refractivity contribution in [1.29, 1.82) is 0 Å². The molecule has 0 radical (unpaired) electrons. The number of benzene rings is 1. The summed E-state index contributed by atoms with van der Waals surface area (Å²) in [4.78, 5) is 4.78. The van der Waals surface area contributed by atoms with E-state index in [-0.39, 0.29) is 5.41 Å². The summed E-state index contributed by atoms with van der Waals surface area (Å²) in [6.45, 7) is 9.83. The van der Waals surface area contributed by atoms with E-state index in [4.69, 9.17) is 4.98 Å². The van der Waals surface area contributed by atoms with Gasteiger partial charge in [-0.3, -0.25) is 0 Å². The van der Waals surface area contributed by atoms with E-state index in [2.05, 4.69) is 68.0 Å². The van der Waals surface area contributed by atoms with Gasteiger partial charge in [0, 0.05) is 18.2 Å². The Kier molecular flexibility index (Phi) is 3.52. The van der Waals surface area contributed by atoms with E-state index in [0.717, 1.165) is 31.0 Å². The van der Waals surface area contributed by atoms with Gasteiger partial charge in [-0.1, -0.05) is 52.0 Å². The van der Waals surface area contributed by atoms with Crippen molar-refractivity contribution in [2.75, 3.05) is 11.9 Å². The zero-order chi connectivity index (χ0) is 15.0. The molecular formula is C18H25N3. The lowest BCUT2D eigenvalue weighted by Crippen LogP contribution is -2.23. The molecule has 3 rings (SSSR count). The number of nitrogens with one attached hydrogen (secondary N) is 1. The third-order valence-corrected chi connectivity index (χ3v) is 4.31. The molecule has 21 heavy (non-hydrogen) atoms. The fraction of sp³-hybridized carbons (Fsp3) is 0.500. The number of nitrogens with zero attached hydrogens (tertiary/aromatic N) is 2. The maximum absolute atomic E-state index is 4.78. The minimum absolute atomic E-state index is 0.0860. The van der Waals surface area contributed by atoms with Gasteiger partial charge in [0.2, 0.25) is 5.95 Å². The Morgan fingerprint density at radius 3 is 2.57 bits per heavy atom. The second-order valence-corrected chi connectivity index (χ2v) is 6.93. The fourth-order valence-electron chi connectivity index (χ4n) is 2.89. The molecule has 1 atom stereocenters. The Hall–Kier alpha value is -1.77. The van der Waals surface area contributed by atoms with Crippen LogP contribution in [0.4, 0.5) is 5.95 Å². The van der Waals surface area contributed by atoms with Crippen LogP contribution in [-0.4, -0.2) is 16.1 Å². The molecule has 3 heteroatoms. The van der Waals surface area contributed by atoms with E-state index in [9.17, 15) is 0 Å². The van der Waals surface area contributed by atoms with Crippen LogP contribution < -0.4 is 5.32 Å². The molecule has 0 bridgehead atoms. The molecule has 1 aromatic carbocycles. The molecule has 0 saturated heterocycles. The second kappa shape index (κ2) is 5.21. The van der Waals surface area contributed by atoms with Crippen LogP contribution >= 0.6 is 0 Å². The highest BCUT2D eigenvalue weighted by molar-refractivity contribution is 5.38. The van der Waals surface area contributed by atoms with Gasteiger partial charge in [-0.25, -0.2) is 4.98 Å². The predicted octanol–water partition coefficient (Wildman–Crippen LogP) is 4.15. The highest BCUT2D eigenvalue weighted by atomic mass is 15.2. The maximum atomic E-state index is 4.78. The Balaban J connectivity index is 1.97. The standard InChI is InChI=1S/C18H25N3/c1-5-13-6-8-14(9-7-13)15-10-11-19-17-20-16(12-21(15)17)18(2,3)4/h6-9,12,15H,5,10-11H2,1-4H3,(H,19,20). The molecular weight excluding hydrogens is 258 g/mol. The number of hydrogen-bond donors (Lipinski definition) is 1. The molecule has 1 aromatic heterocycles. The second-order valence-electron chi connectivity index (χ2n) is 6.93. The van der Waals surface area contributed by atoms with Gasteiger partial charge in [0.1, 0.15) is 0 Å². The first-order chi connectivity index (χ1) is 9.99. The van der Waals surface area contributed by atoms with Crippen LogP contribution in [0, 0.1) is 0 Å². The molecule has 2 heterocycles. The van der Waals surface area contributed by atoms with Gasteiger partial charge in [0.15, 0.2) is 0 Å². The van der Waals surface area contributed by atoms with Crippen LogP contribution in [0.2, 0.25) is 0 Å². The van der Waals surface area contributed by atoms with Gasteiger partial charge in [-0.05, 0) is 24.0 Å². The molecule has 0 aliphatic carbocycles. The Morgan fingerprint density at radius 1 is 1.24 bits per heavy atom. The number of imidazole rings is 1. The Bertz CT molecular complexity index is 617. The van der Waals surface area contributed by atoms with Crippen molar-refractivity contribution in [2.24, 2.45) is 0 Å². The molecule has 3 nitrogen and oxygen atoms in total. The first-order valence-corrected chi connectivity index (χ1v) is 7.91. The minimum Gasteiger partial charge on any atom is -0.356 e. The summed E-state index contributed by atoms with van der Waals surface area (Å²) in [6, 6.07) is 9.44. The summed E-state index contributed by atoms with van der Waals surface area (Å²) in [5, 5.41) is 3.43. The van der Waals surface area contributed by atoms with Crippen molar-refractivity contribution >= 4 is 5.95 Å². The molecule has 1 aliphatic heterocycles. The lowest BCUT2D eigenvalue weighted by Gasteiger charge is -2.26. The van der Waals surface area contributed by atoms with Gasteiger partial charge >= 0.3 is 0 Å². The van der Waals surface area contributed by atoms with E-state index < -0.39 is 0 Å². The topological polar surface area (TPSA) is 29.9 Å². The molecule has 112 valence electrons. The monoisotopic (exact) mass is 283 g/mol. The molecule has 0 fully saturated rings. The summed E-state index contributed by atoms with van der Waals surface area (Å²) in [5.41, 5.74) is 4.02. The van der Waals surface area contributed by atoms with Crippen molar-refractivity contribution < 1.29 is 0 Å². The van der Waals surface area contributed by atoms with E-state index in [1.54, 1.807) is 0 Å². The normalized spacial score (nSPS) is 18.2. The van der Waals surface area contributed by atoms with E-state index in [0.29, 0.717) is 6.04 Å². The van der Waals surface area contributed by atoms with Crippen LogP contribution in [0.25, 0.3) is 0 Å². The third-order valence-electron chi connectivity index (χ3n) is 4.31. The van der Waals surface area contributed by atoms with Crippen LogP contribution in [0.15, 0.2) is 30.5 Å². The SMILES string of the molecule is CCc1ccc(C2CCNc3nc(C(C)(C)C)cn32)cc1. The van der Waals surface area contributed by atoms with E-state index >= 15 is 0 Å². The van der Waals surface area contributed by atoms with Crippen LogP contribution in [0.3, 0.4) is 0 Å². The molecule has 1 N–H and O–H groups in total. The zero-order valence-electron chi connectivity index (χ0n) is 13.5. The third kappa shape index (κ3) is 2.69. The van der Waals surface area contributed by atoms with E-state index in [1.165, 1.54) is 11.1 Å². The first kappa shape index (κ1) is 14.2. The quantitative estimate of drug-likeness (QED) is 0.897. The Labute approximate surface area is 127 Å². The lowest BCUT2D eigenvalue weighted by atomic mass is 9.93. The molecule has 2 aromatic rings. The first-order valence-electron chi connectivity index (χ1n) is 7.91. The molecule has 1 unspecified atom stereocenters. The van der Waals surface area contributed by atoms with Crippen molar-refractivity contribution in [3.8, 4) is 0 Å². The van der Waals surface area contributed by atoms with Crippen molar-refractivity contribution in [1.82, 2.24) is 9.55 Å². The summed E-state index contributed by atoms with van der Waals surface area (Å²) in [5.74, 6) is 1.01. The van der Waals surface area contributed by atoms with Gasteiger partial charge in [0.05, 0.1) is 11.7 Å². The van der Waals surface area contributed by atoms with Crippen LogP contribution in [0.1, 0.15) is 57.0 Å². The highest BCUT2D eigenvalue weighted by Gasteiger charge is 2.26. The number of aromatic nitrogens is 2. The zero-order valence-corrected chi connectivity index (χ0v) is 13.5.